The number of ether oxygens (including phenoxy) is 3. The van der Waals surface area contributed by atoms with Gasteiger partial charge in [0.05, 0.1) is 18.3 Å². The van der Waals surface area contributed by atoms with Crippen molar-refractivity contribution in [1.29, 1.82) is 0 Å². The molecule has 5 nitrogen and oxygen atoms in total. The third-order valence-corrected chi connectivity index (χ3v) is 5.60. The molecule has 4 aromatic rings. The lowest BCUT2D eigenvalue weighted by Gasteiger charge is -2.15. The Morgan fingerprint density at radius 3 is 2.71 bits per heavy atom. The van der Waals surface area contributed by atoms with Gasteiger partial charge in [0.25, 0.3) is 0 Å². The number of hydrogen-bond donors (Lipinski definition) is 1. The molecule has 1 atom stereocenters. The highest BCUT2D eigenvalue weighted by molar-refractivity contribution is 6.31. The van der Waals surface area contributed by atoms with Crippen molar-refractivity contribution >= 4 is 22.5 Å². The zero-order valence-electron chi connectivity index (χ0n) is 16.8. The van der Waals surface area contributed by atoms with Crippen LogP contribution in [0.4, 0.5) is 0 Å². The van der Waals surface area contributed by atoms with Gasteiger partial charge in [-0.05, 0) is 54.1 Å². The number of hydrogen-bond acceptors (Lipinski definition) is 5. The Bertz CT molecular complexity index is 1270. The van der Waals surface area contributed by atoms with E-state index in [4.69, 9.17) is 25.8 Å². The first-order valence-electron chi connectivity index (χ1n) is 9.91. The van der Waals surface area contributed by atoms with Crippen molar-refractivity contribution in [1.82, 2.24) is 4.98 Å². The number of nitrogens with zero attached hydrogens (tertiary/aromatic N) is 1. The molecule has 0 aliphatic carbocycles. The Hall–Kier alpha value is -3.28. The maximum absolute atomic E-state index is 10.5. The molecule has 31 heavy (non-hydrogen) atoms. The zero-order chi connectivity index (χ0) is 21.4. The molecule has 5 rings (SSSR count). The van der Waals surface area contributed by atoms with Crippen molar-refractivity contribution in [2.45, 2.75) is 19.3 Å². The van der Waals surface area contributed by atoms with E-state index in [9.17, 15) is 5.11 Å². The quantitative estimate of drug-likeness (QED) is 0.463. The number of methoxy groups -OCH3 is 1. The van der Waals surface area contributed by atoms with E-state index in [2.05, 4.69) is 4.98 Å². The predicted molar refractivity (Wildman–Crippen MR) is 119 cm³/mol. The van der Waals surface area contributed by atoms with Gasteiger partial charge in [0, 0.05) is 28.0 Å². The van der Waals surface area contributed by atoms with Crippen molar-refractivity contribution in [3.63, 3.8) is 0 Å². The number of rotatable bonds is 4. The molecule has 1 N–H and O–H groups in total. The second-order valence-electron chi connectivity index (χ2n) is 7.41. The van der Waals surface area contributed by atoms with Gasteiger partial charge in [-0.2, -0.15) is 0 Å². The minimum atomic E-state index is -1.05. The Morgan fingerprint density at radius 1 is 1.00 bits per heavy atom. The summed E-state index contributed by atoms with van der Waals surface area (Å²) >= 11 is 6.08. The van der Waals surface area contributed by atoms with Crippen molar-refractivity contribution in [3.05, 3.63) is 94.1 Å². The molecule has 1 unspecified atom stereocenters. The number of benzene rings is 3. The Kier molecular flexibility index (Phi) is 5.14. The fourth-order valence-electron chi connectivity index (χ4n) is 3.75. The van der Waals surface area contributed by atoms with Crippen LogP contribution < -0.4 is 14.2 Å². The minimum absolute atomic E-state index is 0.332. The maximum Gasteiger partial charge on any atom is 0.224 e. The zero-order valence-corrected chi connectivity index (χ0v) is 17.6. The van der Waals surface area contributed by atoms with Gasteiger partial charge < -0.3 is 19.3 Å². The van der Waals surface area contributed by atoms with Crippen molar-refractivity contribution in [3.8, 4) is 17.2 Å². The number of aliphatic hydroxyl groups is 1. The van der Waals surface area contributed by atoms with Crippen LogP contribution in [0.3, 0.4) is 0 Å². The first-order chi connectivity index (χ1) is 15.1. The van der Waals surface area contributed by atoms with Crippen LogP contribution in [-0.4, -0.2) is 17.2 Å². The number of fused-ring (bicyclic) bond motifs is 3. The smallest absolute Gasteiger partial charge is 0.224 e. The first-order valence-corrected chi connectivity index (χ1v) is 10.3. The van der Waals surface area contributed by atoms with Crippen LogP contribution in [0.1, 0.15) is 28.7 Å². The molecule has 1 aliphatic heterocycles. The molecule has 0 saturated heterocycles. The SMILES string of the molecule is COc1ccc2c(c1)C(O)Oc1ccc(OCc3ccc4ccc(Cl)cc4n3)cc1C2. The van der Waals surface area contributed by atoms with Crippen LogP contribution in [0.2, 0.25) is 5.02 Å². The monoisotopic (exact) mass is 433 g/mol. The molecule has 6 heteroatoms. The first kappa shape index (κ1) is 19.7. The summed E-state index contributed by atoms with van der Waals surface area (Å²) in [7, 11) is 1.60. The van der Waals surface area contributed by atoms with E-state index in [1.807, 2.05) is 60.7 Å². The van der Waals surface area contributed by atoms with E-state index in [1.54, 1.807) is 13.2 Å². The molecule has 0 saturated carbocycles. The van der Waals surface area contributed by atoms with E-state index in [0.29, 0.717) is 40.9 Å². The molecule has 0 fully saturated rings. The van der Waals surface area contributed by atoms with E-state index in [0.717, 1.165) is 27.7 Å². The normalized spacial score (nSPS) is 14.9. The van der Waals surface area contributed by atoms with Crippen LogP contribution in [0.25, 0.3) is 10.9 Å². The summed E-state index contributed by atoms with van der Waals surface area (Å²) in [5.74, 6) is 2.02. The van der Waals surface area contributed by atoms with Crippen LogP contribution in [0.15, 0.2) is 66.7 Å². The van der Waals surface area contributed by atoms with Crippen LogP contribution in [0, 0.1) is 0 Å². The van der Waals surface area contributed by atoms with Gasteiger partial charge in [0.15, 0.2) is 0 Å². The summed E-state index contributed by atoms with van der Waals surface area (Å²) in [6.07, 6.45) is -0.429. The lowest BCUT2D eigenvalue weighted by molar-refractivity contribution is -0.0190. The minimum Gasteiger partial charge on any atom is -0.497 e. The Balaban J connectivity index is 1.37. The molecule has 0 radical (unpaired) electrons. The lowest BCUT2D eigenvalue weighted by atomic mass is 9.99. The largest absolute Gasteiger partial charge is 0.497 e. The second-order valence-corrected chi connectivity index (χ2v) is 7.85. The van der Waals surface area contributed by atoms with Crippen LogP contribution >= 0.6 is 11.6 Å². The highest BCUT2D eigenvalue weighted by Gasteiger charge is 2.22. The third-order valence-electron chi connectivity index (χ3n) is 5.37. The van der Waals surface area contributed by atoms with Gasteiger partial charge in [-0.3, -0.25) is 0 Å². The van der Waals surface area contributed by atoms with Gasteiger partial charge in [-0.25, -0.2) is 4.98 Å². The molecule has 1 aromatic heterocycles. The van der Waals surface area contributed by atoms with Gasteiger partial charge in [0.1, 0.15) is 23.9 Å². The van der Waals surface area contributed by atoms with Gasteiger partial charge in [-0.1, -0.05) is 29.8 Å². The van der Waals surface area contributed by atoms with Gasteiger partial charge >= 0.3 is 0 Å². The molecular weight excluding hydrogens is 414 g/mol. The van der Waals surface area contributed by atoms with E-state index >= 15 is 0 Å². The molecule has 1 aliphatic rings. The summed E-state index contributed by atoms with van der Waals surface area (Å²) in [5, 5.41) is 12.2. The summed E-state index contributed by atoms with van der Waals surface area (Å²) in [6.45, 7) is 0.332. The molecule has 2 heterocycles. The van der Waals surface area contributed by atoms with E-state index < -0.39 is 6.29 Å². The number of aromatic nitrogens is 1. The van der Waals surface area contributed by atoms with Crippen molar-refractivity contribution < 1.29 is 19.3 Å². The van der Waals surface area contributed by atoms with Crippen LogP contribution in [-0.2, 0) is 13.0 Å². The average molecular weight is 434 g/mol. The highest BCUT2D eigenvalue weighted by Crippen LogP contribution is 2.36. The topological polar surface area (TPSA) is 60.8 Å². The molecule has 0 amide bonds. The van der Waals surface area contributed by atoms with Gasteiger partial charge in [-0.15, -0.1) is 0 Å². The average Bonchev–Trinajstić information content (AvgIpc) is 2.92. The Labute approximate surface area is 184 Å². The number of pyridine rings is 1. The Morgan fingerprint density at radius 2 is 1.84 bits per heavy atom. The fraction of sp³-hybridized carbons (Fsp3) is 0.160. The maximum atomic E-state index is 10.5. The summed E-state index contributed by atoms with van der Waals surface area (Å²) in [5.41, 5.74) is 4.28. The number of halogens is 1. The highest BCUT2D eigenvalue weighted by atomic mass is 35.5. The van der Waals surface area contributed by atoms with Crippen LogP contribution in [0.5, 0.6) is 17.2 Å². The third kappa shape index (κ3) is 4.02. The molecule has 0 bridgehead atoms. The summed E-state index contributed by atoms with van der Waals surface area (Å²) in [6, 6.07) is 20.8. The second kappa shape index (κ2) is 8.10. The van der Waals surface area contributed by atoms with E-state index in [-0.39, 0.29) is 0 Å². The molecule has 156 valence electrons. The molecule has 3 aromatic carbocycles. The van der Waals surface area contributed by atoms with E-state index in [1.165, 1.54) is 0 Å². The summed E-state index contributed by atoms with van der Waals surface area (Å²) < 4.78 is 17.0. The predicted octanol–water partition coefficient (Wildman–Crippen LogP) is 5.45. The standard InChI is InChI=1S/C25H20ClNO4/c1-29-20-7-4-16-10-17-11-21(8-9-24(17)31-25(28)22(16)13-20)30-14-19-6-3-15-2-5-18(26)12-23(15)27-19/h2-9,11-13,25,28H,10,14H2,1H3. The lowest BCUT2D eigenvalue weighted by Crippen LogP contribution is -2.07. The molecular formula is C25H20ClNO4. The van der Waals surface area contributed by atoms with Crippen molar-refractivity contribution in [2.75, 3.05) is 7.11 Å². The number of aliphatic hydroxyl groups excluding tert-OH is 1. The molecule has 0 spiro atoms. The summed E-state index contributed by atoms with van der Waals surface area (Å²) in [4.78, 5) is 4.63. The fourth-order valence-corrected chi connectivity index (χ4v) is 3.92. The van der Waals surface area contributed by atoms with Gasteiger partial charge in [0.2, 0.25) is 6.29 Å². The van der Waals surface area contributed by atoms with Crippen molar-refractivity contribution in [2.24, 2.45) is 0 Å².